The number of carbonyl (C=O) groups is 1. The monoisotopic (exact) mass is 414 g/mol. The Balaban J connectivity index is 1.99. The highest BCUT2D eigenvalue weighted by Crippen LogP contribution is 2.28. The number of sulfonamides is 1. The number of anilines is 1. The van der Waals surface area contributed by atoms with Gasteiger partial charge in [0.15, 0.2) is 0 Å². The van der Waals surface area contributed by atoms with Crippen LogP contribution >= 0.6 is 0 Å². The molecule has 3 rings (SSSR count). The molecular weight excluding hydrogens is 384 g/mol. The third kappa shape index (κ3) is 4.32. The fraction of sp³-hybridized carbons (Fsp3) is 0.435. The first-order chi connectivity index (χ1) is 13.9. The highest BCUT2D eigenvalue weighted by atomic mass is 32.2. The summed E-state index contributed by atoms with van der Waals surface area (Å²) in [5.41, 5.74) is 1.70. The minimum atomic E-state index is -3.78. The molecule has 1 amide bonds. The summed E-state index contributed by atoms with van der Waals surface area (Å²) < 4.78 is 28.3. The summed E-state index contributed by atoms with van der Waals surface area (Å²) in [5.74, 6) is -0.0734. The van der Waals surface area contributed by atoms with E-state index < -0.39 is 10.0 Å². The maximum atomic E-state index is 13.5. The van der Waals surface area contributed by atoms with Gasteiger partial charge in [-0.2, -0.15) is 0 Å². The van der Waals surface area contributed by atoms with Crippen LogP contribution in [0.4, 0.5) is 5.69 Å². The quantitative estimate of drug-likeness (QED) is 0.693. The Morgan fingerprint density at radius 1 is 1.10 bits per heavy atom. The summed E-state index contributed by atoms with van der Waals surface area (Å²) in [5, 5.41) is 0. The molecule has 0 aromatic heterocycles. The number of rotatable bonds is 6. The van der Waals surface area contributed by atoms with Gasteiger partial charge in [0, 0.05) is 24.7 Å². The Kier molecular flexibility index (Phi) is 6.63. The second-order valence-corrected chi connectivity index (χ2v) is 9.37. The lowest BCUT2D eigenvalue weighted by Gasteiger charge is -2.35. The average Bonchev–Trinajstić information content (AvgIpc) is 2.74. The van der Waals surface area contributed by atoms with E-state index in [0.29, 0.717) is 23.4 Å². The van der Waals surface area contributed by atoms with E-state index in [0.717, 1.165) is 32.2 Å². The molecule has 5 nitrogen and oxygen atoms in total. The maximum absolute atomic E-state index is 13.5. The highest BCUT2D eigenvalue weighted by Gasteiger charge is 2.29. The number of piperidine rings is 1. The lowest BCUT2D eigenvalue weighted by Crippen LogP contribution is -2.43. The Hall–Kier alpha value is -2.34. The van der Waals surface area contributed by atoms with Crippen LogP contribution in [0.5, 0.6) is 0 Å². The van der Waals surface area contributed by atoms with Gasteiger partial charge >= 0.3 is 0 Å². The van der Waals surface area contributed by atoms with Crippen LogP contribution < -0.4 is 4.31 Å². The number of carbonyl (C=O) groups excluding carboxylic acids is 1. The Morgan fingerprint density at radius 3 is 2.48 bits per heavy atom. The third-order valence-corrected chi connectivity index (χ3v) is 7.74. The molecule has 1 heterocycles. The van der Waals surface area contributed by atoms with Crippen molar-refractivity contribution in [3.05, 3.63) is 59.7 Å². The molecule has 0 aliphatic carbocycles. The van der Waals surface area contributed by atoms with E-state index in [4.69, 9.17) is 0 Å². The van der Waals surface area contributed by atoms with Crippen LogP contribution in [0.1, 0.15) is 55.5 Å². The number of hydrogen-bond acceptors (Lipinski definition) is 3. The van der Waals surface area contributed by atoms with E-state index in [1.165, 1.54) is 4.31 Å². The number of benzene rings is 2. The first-order valence-corrected chi connectivity index (χ1v) is 11.8. The Labute approximate surface area is 174 Å². The number of aryl methyl sites for hydroxylation is 1. The smallest absolute Gasteiger partial charge is 0.264 e. The van der Waals surface area contributed by atoms with E-state index in [9.17, 15) is 13.2 Å². The van der Waals surface area contributed by atoms with Crippen LogP contribution in [0.15, 0.2) is 53.4 Å². The lowest BCUT2D eigenvalue weighted by molar-refractivity contribution is 0.0608. The minimum Gasteiger partial charge on any atom is -0.336 e. The summed E-state index contributed by atoms with van der Waals surface area (Å²) in [6.45, 7) is 6.73. The van der Waals surface area contributed by atoms with E-state index in [1.54, 1.807) is 37.3 Å². The molecule has 1 aliphatic rings. The zero-order chi connectivity index (χ0) is 21.0. The minimum absolute atomic E-state index is 0.0734. The van der Waals surface area contributed by atoms with Gasteiger partial charge in [0.2, 0.25) is 0 Å². The van der Waals surface area contributed by atoms with E-state index in [-0.39, 0.29) is 16.8 Å². The van der Waals surface area contributed by atoms with Gasteiger partial charge in [-0.3, -0.25) is 9.10 Å². The van der Waals surface area contributed by atoms with Gasteiger partial charge in [0.1, 0.15) is 0 Å². The van der Waals surface area contributed by atoms with Gasteiger partial charge in [-0.1, -0.05) is 31.2 Å². The largest absolute Gasteiger partial charge is 0.336 e. The van der Waals surface area contributed by atoms with Gasteiger partial charge in [0.05, 0.1) is 10.6 Å². The number of likely N-dealkylation sites (tertiary alicyclic amines) is 1. The highest BCUT2D eigenvalue weighted by molar-refractivity contribution is 7.92. The van der Waals surface area contributed by atoms with Crippen LogP contribution in [-0.4, -0.2) is 38.4 Å². The molecule has 0 spiro atoms. The molecule has 2 aromatic carbocycles. The summed E-state index contributed by atoms with van der Waals surface area (Å²) >= 11 is 0. The fourth-order valence-electron chi connectivity index (χ4n) is 4.07. The van der Waals surface area contributed by atoms with Gasteiger partial charge in [-0.25, -0.2) is 8.42 Å². The molecule has 0 N–H and O–H groups in total. The summed E-state index contributed by atoms with van der Waals surface area (Å²) in [4.78, 5) is 15.3. The van der Waals surface area contributed by atoms with Crippen molar-refractivity contribution in [1.82, 2.24) is 4.90 Å². The molecule has 1 fully saturated rings. The molecule has 0 unspecified atom stereocenters. The van der Waals surface area contributed by atoms with Crippen LogP contribution in [0.2, 0.25) is 0 Å². The van der Waals surface area contributed by atoms with Gasteiger partial charge < -0.3 is 4.90 Å². The zero-order valence-corrected chi connectivity index (χ0v) is 18.3. The van der Waals surface area contributed by atoms with Crippen molar-refractivity contribution < 1.29 is 13.2 Å². The van der Waals surface area contributed by atoms with E-state index >= 15 is 0 Å². The van der Waals surface area contributed by atoms with Crippen molar-refractivity contribution in [3.63, 3.8) is 0 Å². The summed E-state index contributed by atoms with van der Waals surface area (Å²) in [6.07, 6.45) is 4.06. The molecule has 1 aliphatic heterocycles. The number of amides is 1. The molecule has 156 valence electrons. The maximum Gasteiger partial charge on any atom is 0.264 e. The molecule has 2 aromatic rings. The van der Waals surface area contributed by atoms with Gasteiger partial charge in [-0.15, -0.1) is 0 Å². The molecule has 1 atom stereocenters. The number of para-hydroxylation sites is 1. The van der Waals surface area contributed by atoms with Crippen molar-refractivity contribution in [2.24, 2.45) is 0 Å². The number of hydrogen-bond donors (Lipinski definition) is 0. The summed E-state index contributed by atoms with van der Waals surface area (Å²) in [7, 11) is -3.78. The first kappa shape index (κ1) is 21.4. The van der Waals surface area contributed by atoms with Crippen molar-refractivity contribution in [3.8, 4) is 0 Å². The molecule has 0 radical (unpaired) electrons. The standard InChI is InChI=1S/C23H30N2O3S/c1-4-20-11-9-10-16-24(20)23(26)19-15-14-18(3)22(17-19)29(27,28)25(5-2)21-12-7-6-8-13-21/h6-8,12-15,17,20H,4-5,9-11,16H2,1-3H3/t20-/m0/s1. The van der Waals surface area contributed by atoms with Gasteiger partial charge in [-0.05, 0) is 69.4 Å². The number of nitrogens with zero attached hydrogens (tertiary/aromatic N) is 2. The van der Waals surface area contributed by atoms with Crippen LogP contribution in [0, 0.1) is 6.92 Å². The second-order valence-electron chi connectivity index (χ2n) is 7.54. The zero-order valence-electron chi connectivity index (χ0n) is 17.5. The third-order valence-electron chi connectivity index (χ3n) is 5.69. The van der Waals surface area contributed by atoms with E-state index in [1.807, 2.05) is 30.0 Å². The SMILES string of the molecule is CC[C@H]1CCCCN1C(=O)c1ccc(C)c(S(=O)(=O)N(CC)c2ccccc2)c1. The normalized spacial score (nSPS) is 17.2. The molecule has 1 saturated heterocycles. The Morgan fingerprint density at radius 2 is 1.83 bits per heavy atom. The van der Waals surface area contributed by atoms with Crippen molar-refractivity contribution in [1.29, 1.82) is 0 Å². The van der Waals surface area contributed by atoms with E-state index in [2.05, 4.69) is 6.92 Å². The lowest BCUT2D eigenvalue weighted by atomic mass is 9.98. The first-order valence-electron chi connectivity index (χ1n) is 10.4. The molecule has 0 bridgehead atoms. The molecule has 29 heavy (non-hydrogen) atoms. The Bertz CT molecular complexity index is 957. The average molecular weight is 415 g/mol. The predicted octanol–water partition coefficient (Wildman–Crippen LogP) is 4.61. The van der Waals surface area contributed by atoms with Crippen LogP contribution in [0.25, 0.3) is 0 Å². The molecule has 0 saturated carbocycles. The van der Waals surface area contributed by atoms with Crippen LogP contribution in [-0.2, 0) is 10.0 Å². The fourth-order valence-corrected chi connectivity index (χ4v) is 5.80. The van der Waals surface area contributed by atoms with Gasteiger partial charge in [0.25, 0.3) is 15.9 Å². The molecule has 6 heteroatoms. The second kappa shape index (κ2) is 8.99. The topological polar surface area (TPSA) is 57.7 Å². The van der Waals surface area contributed by atoms with Crippen molar-refractivity contribution in [2.75, 3.05) is 17.4 Å². The van der Waals surface area contributed by atoms with Crippen molar-refractivity contribution >= 4 is 21.6 Å². The predicted molar refractivity (Wildman–Crippen MR) is 117 cm³/mol. The van der Waals surface area contributed by atoms with Crippen molar-refractivity contribution in [2.45, 2.75) is 57.4 Å². The summed E-state index contributed by atoms with van der Waals surface area (Å²) in [6, 6.07) is 14.3. The molecular formula is C23H30N2O3S. The van der Waals surface area contributed by atoms with Crippen LogP contribution in [0.3, 0.4) is 0 Å².